The van der Waals surface area contributed by atoms with Crippen molar-refractivity contribution in [2.24, 2.45) is 0 Å². The molecule has 0 radical (unpaired) electrons. The summed E-state index contributed by atoms with van der Waals surface area (Å²) in [6, 6.07) is 9.42. The number of para-hydroxylation sites is 1. The zero-order valence-corrected chi connectivity index (χ0v) is 13.7. The Hall–Kier alpha value is -2.61. The van der Waals surface area contributed by atoms with Crippen LogP contribution >= 0.6 is 0 Å². The molecule has 1 saturated heterocycles. The van der Waals surface area contributed by atoms with Crippen LogP contribution in [0.4, 0.5) is 13.2 Å². The van der Waals surface area contributed by atoms with Crippen LogP contribution in [-0.4, -0.2) is 47.0 Å². The molecule has 2 aromatic rings. The van der Waals surface area contributed by atoms with Crippen LogP contribution in [0.3, 0.4) is 0 Å². The summed E-state index contributed by atoms with van der Waals surface area (Å²) in [6.07, 6.45) is -2.44. The summed E-state index contributed by atoms with van der Waals surface area (Å²) in [4.78, 5) is 16.9. The Morgan fingerprint density at radius 1 is 1.31 bits per heavy atom. The number of nitrogens with zero attached hydrogens (tertiary/aromatic N) is 2. The van der Waals surface area contributed by atoms with Crippen molar-refractivity contribution in [3.8, 4) is 17.0 Å². The van der Waals surface area contributed by atoms with Crippen LogP contribution in [0.2, 0.25) is 0 Å². The quantitative estimate of drug-likeness (QED) is 0.877. The van der Waals surface area contributed by atoms with Gasteiger partial charge in [0, 0.05) is 18.3 Å². The van der Waals surface area contributed by atoms with Gasteiger partial charge in [0.15, 0.2) is 0 Å². The molecule has 8 heteroatoms. The molecule has 1 N–H and O–H groups in total. The van der Waals surface area contributed by atoms with E-state index in [4.69, 9.17) is 5.11 Å². The van der Waals surface area contributed by atoms with Crippen LogP contribution in [0, 0.1) is 0 Å². The number of hydrogen-bond acceptors (Lipinski definition) is 4. The molecule has 5 nitrogen and oxygen atoms in total. The maximum absolute atomic E-state index is 12.6. The number of aromatic nitrogens is 1. The minimum atomic E-state index is -4.78. The van der Waals surface area contributed by atoms with Gasteiger partial charge in [-0.3, -0.25) is 14.7 Å². The summed E-state index contributed by atoms with van der Waals surface area (Å²) >= 11 is 0. The molecule has 0 saturated carbocycles. The SMILES string of the molecule is O=C(O)CN1CCC(c2ccnc(-c3ccccc3OC(F)(F)F)c2)C1. The smallest absolute Gasteiger partial charge is 0.480 e. The summed E-state index contributed by atoms with van der Waals surface area (Å²) in [6.45, 7) is 1.25. The van der Waals surface area contributed by atoms with Gasteiger partial charge in [-0.1, -0.05) is 12.1 Å². The van der Waals surface area contributed by atoms with E-state index in [-0.39, 0.29) is 23.8 Å². The fourth-order valence-electron chi connectivity index (χ4n) is 3.18. The zero-order valence-electron chi connectivity index (χ0n) is 13.7. The van der Waals surface area contributed by atoms with E-state index in [9.17, 15) is 18.0 Å². The number of alkyl halides is 3. The number of carboxylic acids is 1. The van der Waals surface area contributed by atoms with E-state index in [0.717, 1.165) is 12.0 Å². The molecule has 1 unspecified atom stereocenters. The van der Waals surface area contributed by atoms with E-state index >= 15 is 0 Å². The Bertz CT molecular complexity index is 795. The minimum absolute atomic E-state index is 0.0172. The third kappa shape index (κ3) is 4.51. The number of benzene rings is 1. The van der Waals surface area contributed by atoms with Gasteiger partial charge in [-0.05, 0) is 48.7 Å². The predicted molar refractivity (Wildman–Crippen MR) is 87.8 cm³/mol. The van der Waals surface area contributed by atoms with Crippen molar-refractivity contribution in [1.82, 2.24) is 9.88 Å². The summed E-state index contributed by atoms with van der Waals surface area (Å²) in [5.74, 6) is -1.06. The Morgan fingerprint density at radius 2 is 2.08 bits per heavy atom. The number of halogens is 3. The van der Waals surface area contributed by atoms with Gasteiger partial charge in [0.2, 0.25) is 0 Å². The molecule has 0 amide bonds. The predicted octanol–water partition coefficient (Wildman–Crippen LogP) is 3.52. The molecular weight excluding hydrogens is 349 g/mol. The molecule has 1 fully saturated rings. The molecule has 2 heterocycles. The van der Waals surface area contributed by atoms with E-state index in [1.807, 2.05) is 11.0 Å². The van der Waals surface area contributed by atoms with Crippen molar-refractivity contribution < 1.29 is 27.8 Å². The molecule has 0 aliphatic carbocycles. The summed E-state index contributed by atoms with van der Waals surface area (Å²) < 4.78 is 41.9. The van der Waals surface area contributed by atoms with Crippen molar-refractivity contribution in [3.05, 3.63) is 48.2 Å². The molecule has 1 aromatic carbocycles. The van der Waals surface area contributed by atoms with Crippen LogP contribution in [0.15, 0.2) is 42.6 Å². The fraction of sp³-hybridized carbons (Fsp3) is 0.333. The van der Waals surface area contributed by atoms with Gasteiger partial charge in [-0.25, -0.2) is 0 Å². The summed E-state index contributed by atoms with van der Waals surface area (Å²) in [7, 11) is 0. The first-order valence-corrected chi connectivity index (χ1v) is 8.07. The number of hydrogen-bond donors (Lipinski definition) is 1. The van der Waals surface area contributed by atoms with E-state index in [1.54, 1.807) is 18.3 Å². The number of pyridine rings is 1. The highest BCUT2D eigenvalue weighted by atomic mass is 19.4. The maximum Gasteiger partial charge on any atom is 0.573 e. The van der Waals surface area contributed by atoms with Crippen molar-refractivity contribution in [3.63, 3.8) is 0 Å². The van der Waals surface area contributed by atoms with E-state index in [1.165, 1.54) is 18.2 Å². The van der Waals surface area contributed by atoms with Gasteiger partial charge in [-0.15, -0.1) is 13.2 Å². The molecule has 26 heavy (non-hydrogen) atoms. The molecule has 0 bridgehead atoms. The zero-order chi connectivity index (χ0) is 18.7. The van der Waals surface area contributed by atoms with Crippen LogP contribution in [0.25, 0.3) is 11.3 Å². The number of rotatable bonds is 5. The summed E-state index contributed by atoms with van der Waals surface area (Å²) in [5.41, 5.74) is 1.57. The number of carbonyl (C=O) groups is 1. The largest absolute Gasteiger partial charge is 0.573 e. The first-order valence-electron chi connectivity index (χ1n) is 8.07. The second-order valence-electron chi connectivity index (χ2n) is 6.13. The standard InChI is InChI=1S/C18H17F3N2O3/c19-18(20,21)26-16-4-2-1-3-14(16)15-9-12(5-7-22-15)13-6-8-23(10-13)11-17(24)25/h1-5,7,9,13H,6,8,10-11H2,(H,24,25). The minimum Gasteiger partial charge on any atom is -0.480 e. The number of carboxylic acid groups (broad SMARTS) is 1. The van der Waals surface area contributed by atoms with Gasteiger partial charge in [0.1, 0.15) is 5.75 Å². The topological polar surface area (TPSA) is 62.7 Å². The lowest BCUT2D eigenvalue weighted by atomic mass is 9.97. The third-order valence-corrected chi connectivity index (χ3v) is 4.28. The van der Waals surface area contributed by atoms with Gasteiger partial charge < -0.3 is 9.84 Å². The van der Waals surface area contributed by atoms with E-state index in [2.05, 4.69) is 9.72 Å². The van der Waals surface area contributed by atoms with Gasteiger partial charge >= 0.3 is 12.3 Å². The molecule has 1 aromatic heterocycles. The van der Waals surface area contributed by atoms with Crippen molar-refractivity contribution in [2.45, 2.75) is 18.7 Å². The van der Waals surface area contributed by atoms with Crippen LogP contribution in [0.1, 0.15) is 17.9 Å². The monoisotopic (exact) mass is 366 g/mol. The second kappa shape index (κ2) is 7.33. The molecule has 0 spiro atoms. The molecule has 138 valence electrons. The number of ether oxygens (including phenoxy) is 1. The first kappa shape index (κ1) is 18.2. The Kier molecular flexibility index (Phi) is 5.13. The average molecular weight is 366 g/mol. The van der Waals surface area contributed by atoms with E-state index < -0.39 is 12.3 Å². The third-order valence-electron chi connectivity index (χ3n) is 4.28. The van der Waals surface area contributed by atoms with E-state index in [0.29, 0.717) is 18.8 Å². The second-order valence-corrected chi connectivity index (χ2v) is 6.13. The van der Waals surface area contributed by atoms with Crippen molar-refractivity contribution in [1.29, 1.82) is 0 Å². The molecule has 1 aliphatic rings. The highest BCUT2D eigenvalue weighted by molar-refractivity contribution is 5.69. The van der Waals surface area contributed by atoms with Crippen molar-refractivity contribution >= 4 is 5.97 Å². The molecule has 1 aliphatic heterocycles. The van der Waals surface area contributed by atoms with Gasteiger partial charge in [0.25, 0.3) is 0 Å². The average Bonchev–Trinajstić information content (AvgIpc) is 3.02. The highest BCUT2D eigenvalue weighted by Crippen LogP contribution is 2.35. The number of likely N-dealkylation sites (tertiary alicyclic amines) is 1. The molecule has 1 atom stereocenters. The molecule has 3 rings (SSSR count). The highest BCUT2D eigenvalue weighted by Gasteiger charge is 2.32. The van der Waals surface area contributed by atoms with Gasteiger partial charge in [0.05, 0.1) is 12.2 Å². The fourth-order valence-corrected chi connectivity index (χ4v) is 3.18. The van der Waals surface area contributed by atoms with Crippen LogP contribution < -0.4 is 4.74 Å². The molecular formula is C18H17F3N2O3. The Balaban J connectivity index is 1.84. The van der Waals surface area contributed by atoms with Crippen LogP contribution in [-0.2, 0) is 4.79 Å². The lowest BCUT2D eigenvalue weighted by Gasteiger charge is -2.15. The maximum atomic E-state index is 12.6. The Morgan fingerprint density at radius 3 is 2.81 bits per heavy atom. The van der Waals surface area contributed by atoms with Gasteiger partial charge in [-0.2, -0.15) is 0 Å². The first-order chi connectivity index (χ1) is 12.3. The van der Waals surface area contributed by atoms with Crippen molar-refractivity contribution in [2.75, 3.05) is 19.6 Å². The normalized spacial score (nSPS) is 18.0. The lowest BCUT2D eigenvalue weighted by Crippen LogP contribution is -2.27. The van der Waals surface area contributed by atoms with Crippen LogP contribution in [0.5, 0.6) is 5.75 Å². The Labute approximate surface area is 148 Å². The lowest BCUT2D eigenvalue weighted by molar-refractivity contribution is -0.274. The number of aliphatic carboxylic acids is 1. The summed E-state index contributed by atoms with van der Waals surface area (Å²) in [5, 5.41) is 8.89.